The Balaban J connectivity index is 1.58. The first-order chi connectivity index (χ1) is 11.1. The van der Waals surface area contributed by atoms with Crippen LogP contribution in [0.15, 0.2) is 35.6 Å². The van der Waals surface area contributed by atoms with Gasteiger partial charge in [0.15, 0.2) is 5.96 Å². The van der Waals surface area contributed by atoms with E-state index in [-0.39, 0.29) is 4.75 Å². The smallest absolute Gasteiger partial charge is 0.193 e. The highest BCUT2D eigenvalue weighted by Crippen LogP contribution is 2.29. The van der Waals surface area contributed by atoms with E-state index < -0.39 is 0 Å². The van der Waals surface area contributed by atoms with Gasteiger partial charge in [-0.25, -0.2) is 4.98 Å². The highest BCUT2D eigenvalue weighted by atomic mass is 32.2. The number of nitrogens with zero attached hydrogens (tertiary/aromatic N) is 4. The molecule has 3 rings (SSSR count). The van der Waals surface area contributed by atoms with Crippen LogP contribution in [-0.2, 0) is 6.54 Å². The van der Waals surface area contributed by atoms with E-state index in [2.05, 4.69) is 50.7 Å². The number of aliphatic imine (C=N–C) groups is 1. The van der Waals surface area contributed by atoms with Crippen molar-refractivity contribution >= 4 is 28.8 Å². The zero-order chi connectivity index (χ0) is 16.3. The van der Waals surface area contributed by atoms with Crippen LogP contribution in [0.3, 0.4) is 0 Å². The molecule has 1 aliphatic rings. The van der Waals surface area contributed by atoms with Gasteiger partial charge in [0.25, 0.3) is 0 Å². The van der Waals surface area contributed by atoms with Crippen molar-refractivity contribution in [1.82, 2.24) is 19.8 Å². The van der Waals surface area contributed by atoms with Gasteiger partial charge in [-0.15, -0.1) is 0 Å². The molecular weight excluding hydrogens is 306 g/mol. The van der Waals surface area contributed by atoms with Crippen LogP contribution in [0.2, 0.25) is 0 Å². The molecule has 1 fully saturated rings. The molecular formula is C17H25N5S. The van der Waals surface area contributed by atoms with Crippen molar-refractivity contribution in [3.05, 3.63) is 30.6 Å². The number of benzene rings is 1. The summed E-state index contributed by atoms with van der Waals surface area (Å²) >= 11 is 2.04. The first-order valence-corrected chi connectivity index (χ1v) is 9.07. The van der Waals surface area contributed by atoms with Gasteiger partial charge in [-0.05, 0) is 26.0 Å². The van der Waals surface area contributed by atoms with E-state index in [1.807, 2.05) is 37.3 Å². The molecule has 23 heavy (non-hydrogen) atoms. The average molecular weight is 331 g/mol. The Labute approximate surface area is 142 Å². The number of guanidine groups is 1. The van der Waals surface area contributed by atoms with E-state index in [4.69, 9.17) is 0 Å². The predicted molar refractivity (Wildman–Crippen MR) is 99.2 cm³/mol. The Hall–Kier alpha value is -1.69. The summed E-state index contributed by atoms with van der Waals surface area (Å²) in [5.74, 6) is 2.16. The Bertz CT molecular complexity index is 691. The Morgan fingerprint density at radius 3 is 3.00 bits per heavy atom. The van der Waals surface area contributed by atoms with Gasteiger partial charge < -0.3 is 14.8 Å². The zero-order valence-corrected chi connectivity index (χ0v) is 14.9. The van der Waals surface area contributed by atoms with Gasteiger partial charge >= 0.3 is 0 Å². The van der Waals surface area contributed by atoms with Gasteiger partial charge in [-0.2, -0.15) is 11.8 Å². The number of fused-ring (bicyclic) bond motifs is 1. The summed E-state index contributed by atoms with van der Waals surface area (Å²) in [5.41, 5.74) is 2.23. The maximum Gasteiger partial charge on any atom is 0.193 e. The second-order valence-electron chi connectivity index (χ2n) is 6.43. The lowest BCUT2D eigenvalue weighted by Gasteiger charge is -2.39. The topological polar surface area (TPSA) is 45.5 Å². The summed E-state index contributed by atoms with van der Waals surface area (Å²) in [6.45, 7) is 8.42. The molecule has 2 heterocycles. The summed E-state index contributed by atoms with van der Waals surface area (Å²) in [4.78, 5) is 11.3. The lowest BCUT2D eigenvalue weighted by atomic mass is 10.2. The van der Waals surface area contributed by atoms with E-state index >= 15 is 0 Å². The Morgan fingerprint density at radius 2 is 2.22 bits per heavy atom. The monoisotopic (exact) mass is 331 g/mol. The fourth-order valence-electron chi connectivity index (χ4n) is 3.01. The first-order valence-electron chi connectivity index (χ1n) is 8.08. The zero-order valence-electron chi connectivity index (χ0n) is 14.1. The van der Waals surface area contributed by atoms with Crippen LogP contribution in [0.1, 0.15) is 13.8 Å². The average Bonchev–Trinajstić information content (AvgIpc) is 2.94. The molecule has 1 saturated heterocycles. The van der Waals surface area contributed by atoms with Crippen molar-refractivity contribution < 1.29 is 0 Å². The number of aromatic nitrogens is 2. The van der Waals surface area contributed by atoms with E-state index in [0.29, 0.717) is 0 Å². The van der Waals surface area contributed by atoms with Crippen LogP contribution in [0.25, 0.3) is 11.0 Å². The molecule has 1 aromatic carbocycles. The molecule has 0 saturated carbocycles. The van der Waals surface area contributed by atoms with Gasteiger partial charge in [0.1, 0.15) is 0 Å². The lowest BCUT2D eigenvalue weighted by Crippen LogP contribution is -2.51. The van der Waals surface area contributed by atoms with Gasteiger partial charge in [0, 0.05) is 43.7 Å². The van der Waals surface area contributed by atoms with Gasteiger partial charge in [-0.3, -0.25) is 4.99 Å². The molecule has 0 amide bonds. The summed E-state index contributed by atoms with van der Waals surface area (Å²) in [6.07, 6.45) is 1.91. The van der Waals surface area contributed by atoms with Crippen LogP contribution in [-0.4, -0.2) is 57.6 Å². The minimum atomic E-state index is 0.288. The van der Waals surface area contributed by atoms with Gasteiger partial charge in [0.05, 0.1) is 17.4 Å². The van der Waals surface area contributed by atoms with Gasteiger partial charge in [0.2, 0.25) is 0 Å². The number of thioether (sulfide) groups is 1. The number of para-hydroxylation sites is 2. The fourth-order valence-corrected chi connectivity index (χ4v) is 4.12. The van der Waals surface area contributed by atoms with Crippen LogP contribution < -0.4 is 5.32 Å². The molecule has 2 aromatic rings. The third-order valence-electron chi connectivity index (χ3n) is 4.10. The van der Waals surface area contributed by atoms with Crippen molar-refractivity contribution in [3.8, 4) is 0 Å². The molecule has 124 valence electrons. The fraction of sp³-hybridized carbons (Fsp3) is 0.529. The van der Waals surface area contributed by atoms with Crippen molar-refractivity contribution in [1.29, 1.82) is 0 Å². The largest absolute Gasteiger partial charge is 0.354 e. The van der Waals surface area contributed by atoms with Crippen LogP contribution in [0, 0.1) is 0 Å². The number of nitrogens with one attached hydrogen (secondary N) is 1. The van der Waals surface area contributed by atoms with E-state index in [0.717, 1.165) is 43.4 Å². The number of hydrogen-bond donors (Lipinski definition) is 1. The summed E-state index contributed by atoms with van der Waals surface area (Å²) < 4.78 is 2.47. The molecule has 6 heteroatoms. The highest BCUT2D eigenvalue weighted by molar-refractivity contribution is 8.00. The third-order valence-corrected chi connectivity index (χ3v) is 5.40. The quantitative estimate of drug-likeness (QED) is 0.693. The molecule has 1 N–H and O–H groups in total. The molecule has 5 nitrogen and oxygen atoms in total. The van der Waals surface area contributed by atoms with E-state index in [9.17, 15) is 0 Å². The molecule has 0 bridgehead atoms. The van der Waals surface area contributed by atoms with Crippen molar-refractivity contribution in [2.75, 3.05) is 32.4 Å². The minimum absolute atomic E-state index is 0.288. The standard InChI is InChI=1S/C17H25N5S/c1-17(2)12-21(10-11-23-17)16(18-3)19-8-9-22-13-20-14-6-4-5-7-15(14)22/h4-7,13H,8-12H2,1-3H3,(H,18,19). The molecule has 0 atom stereocenters. The summed E-state index contributed by atoms with van der Waals surface area (Å²) in [6, 6.07) is 8.24. The Morgan fingerprint density at radius 1 is 1.39 bits per heavy atom. The number of hydrogen-bond acceptors (Lipinski definition) is 3. The van der Waals surface area contributed by atoms with Gasteiger partial charge in [-0.1, -0.05) is 12.1 Å². The number of imidazole rings is 1. The predicted octanol–water partition coefficient (Wildman–Crippen LogP) is 2.44. The second-order valence-corrected chi connectivity index (χ2v) is 8.23. The second kappa shape index (κ2) is 6.83. The highest BCUT2D eigenvalue weighted by Gasteiger charge is 2.28. The maximum atomic E-state index is 4.46. The van der Waals surface area contributed by atoms with Crippen molar-refractivity contribution in [3.63, 3.8) is 0 Å². The maximum absolute atomic E-state index is 4.46. The van der Waals surface area contributed by atoms with Crippen LogP contribution in [0.4, 0.5) is 0 Å². The molecule has 0 spiro atoms. The van der Waals surface area contributed by atoms with Crippen molar-refractivity contribution in [2.24, 2.45) is 4.99 Å². The number of rotatable bonds is 3. The minimum Gasteiger partial charge on any atom is -0.354 e. The van der Waals surface area contributed by atoms with E-state index in [1.165, 1.54) is 5.52 Å². The molecule has 0 radical (unpaired) electrons. The SMILES string of the molecule is CN=C(NCCn1cnc2ccccc21)N1CCSC(C)(C)C1. The normalized spacial score (nSPS) is 18.4. The van der Waals surface area contributed by atoms with Crippen LogP contribution in [0.5, 0.6) is 0 Å². The Kier molecular flexibility index (Phi) is 4.80. The molecule has 0 unspecified atom stereocenters. The molecule has 0 aliphatic carbocycles. The third kappa shape index (κ3) is 3.80. The molecule has 1 aliphatic heterocycles. The summed E-state index contributed by atoms with van der Waals surface area (Å²) in [7, 11) is 1.86. The van der Waals surface area contributed by atoms with Crippen LogP contribution >= 0.6 is 11.8 Å². The first kappa shape index (κ1) is 16.2. The summed E-state index contributed by atoms with van der Waals surface area (Å²) in [5, 5.41) is 3.50. The molecule has 1 aromatic heterocycles. The van der Waals surface area contributed by atoms with E-state index in [1.54, 1.807) is 0 Å². The van der Waals surface area contributed by atoms with Crippen molar-refractivity contribution in [2.45, 2.75) is 25.1 Å². The lowest BCUT2D eigenvalue weighted by molar-refractivity contribution is 0.375.